The van der Waals surface area contributed by atoms with Gasteiger partial charge in [-0.1, -0.05) is 0 Å². The topological polar surface area (TPSA) is 79.9 Å². The molecule has 1 spiro atoms. The Bertz CT molecular complexity index is 786. The van der Waals surface area contributed by atoms with Crippen molar-refractivity contribution in [3.8, 4) is 5.75 Å². The molecule has 0 aromatic heterocycles. The zero-order valence-corrected chi connectivity index (χ0v) is 18.8. The molecule has 1 aromatic carbocycles. The molecule has 2 aliphatic rings. The molecule has 2 heterocycles. The highest BCUT2D eigenvalue weighted by atomic mass is 19.1. The van der Waals surface area contributed by atoms with Gasteiger partial charge < -0.3 is 25.0 Å². The van der Waals surface area contributed by atoms with Crippen molar-refractivity contribution in [2.75, 3.05) is 39.3 Å². The standard InChI is InChI=1S/C23H34FN3O4/c1-22(2,3)31-21(29)27-12-8-23(9-13-27)7-11-25-10-4-14-30-19-6-5-17(24)15-18(19)20(28)26-16-23/h5-6,15,25H,4,7-14,16H2,1-3H3,(H,26,28). The Balaban J connectivity index is 1.70. The Morgan fingerprint density at radius 1 is 1.19 bits per heavy atom. The number of rotatable bonds is 0. The molecule has 0 atom stereocenters. The van der Waals surface area contributed by atoms with Crippen molar-refractivity contribution in [1.29, 1.82) is 0 Å². The molecule has 1 fully saturated rings. The Morgan fingerprint density at radius 3 is 2.65 bits per heavy atom. The van der Waals surface area contributed by atoms with Gasteiger partial charge in [0.15, 0.2) is 0 Å². The molecule has 1 saturated heterocycles. The minimum Gasteiger partial charge on any atom is -0.493 e. The summed E-state index contributed by atoms with van der Waals surface area (Å²) >= 11 is 0. The van der Waals surface area contributed by atoms with Crippen LogP contribution in [-0.2, 0) is 4.74 Å². The Morgan fingerprint density at radius 2 is 1.94 bits per heavy atom. The number of piperidine rings is 1. The van der Waals surface area contributed by atoms with E-state index in [1.807, 2.05) is 20.8 Å². The van der Waals surface area contributed by atoms with Crippen LogP contribution >= 0.6 is 0 Å². The van der Waals surface area contributed by atoms with Crippen molar-refractivity contribution in [1.82, 2.24) is 15.5 Å². The van der Waals surface area contributed by atoms with Crippen molar-refractivity contribution in [2.24, 2.45) is 5.41 Å². The molecule has 0 unspecified atom stereocenters. The van der Waals surface area contributed by atoms with Gasteiger partial charge in [-0.3, -0.25) is 4.79 Å². The molecule has 8 heteroatoms. The van der Waals surface area contributed by atoms with Gasteiger partial charge in [0.25, 0.3) is 5.91 Å². The van der Waals surface area contributed by atoms with Gasteiger partial charge in [0.2, 0.25) is 0 Å². The first kappa shape index (κ1) is 23.3. The number of amides is 2. The van der Waals surface area contributed by atoms with Gasteiger partial charge in [-0.25, -0.2) is 9.18 Å². The van der Waals surface area contributed by atoms with Gasteiger partial charge in [-0.15, -0.1) is 0 Å². The van der Waals surface area contributed by atoms with Crippen molar-refractivity contribution >= 4 is 12.0 Å². The molecular weight excluding hydrogens is 401 g/mol. The van der Waals surface area contributed by atoms with Crippen LogP contribution in [0.25, 0.3) is 0 Å². The summed E-state index contributed by atoms with van der Waals surface area (Å²) < 4.78 is 25.0. The maximum absolute atomic E-state index is 13.8. The minimum absolute atomic E-state index is 0.135. The highest BCUT2D eigenvalue weighted by Gasteiger charge is 2.37. The smallest absolute Gasteiger partial charge is 0.410 e. The average molecular weight is 436 g/mol. The molecule has 2 amide bonds. The van der Waals surface area contributed by atoms with E-state index in [1.54, 1.807) is 4.90 Å². The Hall–Kier alpha value is -2.35. The van der Waals surface area contributed by atoms with Crippen LogP contribution in [0.5, 0.6) is 5.75 Å². The van der Waals surface area contributed by atoms with E-state index in [0.717, 1.165) is 38.8 Å². The number of nitrogens with zero attached hydrogens (tertiary/aromatic N) is 1. The predicted molar refractivity (Wildman–Crippen MR) is 116 cm³/mol. The molecule has 0 saturated carbocycles. The van der Waals surface area contributed by atoms with E-state index >= 15 is 0 Å². The van der Waals surface area contributed by atoms with Gasteiger partial charge in [-0.05, 0) is 83.2 Å². The summed E-state index contributed by atoms with van der Waals surface area (Å²) in [6.07, 6.45) is 2.90. The second-order valence-electron chi connectivity index (χ2n) is 9.49. The summed E-state index contributed by atoms with van der Waals surface area (Å²) in [6.45, 7) is 9.28. The molecule has 7 nitrogen and oxygen atoms in total. The number of hydrogen-bond acceptors (Lipinski definition) is 5. The third kappa shape index (κ3) is 6.56. The number of halogens is 1. The van der Waals surface area contributed by atoms with Crippen LogP contribution in [0.15, 0.2) is 18.2 Å². The van der Waals surface area contributed by atoms with Crippen molar-refractivity contribution in [3.05, 3.63) is 29.6 Å². The predicted octanol–water partition coefficient (Wildman–Crippen LogP) is 3.34. The van der Waals surface area contributed by atoms with Crippen molar-refractivity contribution < 1.29 is 23.5 Å². The van der Waals surface area contributed by atoms with E-state index in [-0.39, 0.29) is 23.0 Å². The number of carbonyl (C=O) groups excluding carboxylic acids is 2. The molecule has 0 radical (unpaired) electrons. The number of ether oxygens (including phenoxy) is 2. The lowest BCUT2D eigenvalue weighted by atomic mass is 9.75. The van der Waals surface area contributed by atoms with Gasteiger partial charge in [-0.2, -0.15) is 0 Å². The number of fused-ring (bicyclic) bond motifs is 1. The van der Waals surface area contributed by atoms with E-state index in [4.69, 9.17) is 9.47 Å². The summed E-state index contributed by atoms with van der Waals surface area (Å²) in [7, 11) is 0. The highest BCUT2D eigenvalue weighted by molar-refractivity contribution is 5.97. The maximum atomic E-state index is 13.8. The number of nitrogens with one attached hydrogen (secondary N) is 2. The molecule has 0 bridgehead atoms. The molecular formula is C23H34FN3O4. The summed E-state index contributed by atoms with van der Waals surface area (Å²) in [5.74, 6) is -0.411. The zero-order valence-electron chi connectivity index (χ0n) is 18.8. The van der Waals surface area contributed by atoms with Crippen LogP contribution in [0.4, 0.5) is 9.18 Å². The van der Waals surface area contributed by atoms with Gasteiger partial charge >= 0.3 is 6.09 Å². The van der Waals surface area contributed by atoms with E-state index in [2.05, 4.69) is 10.6 Å². The first-order valence-corrected chi connectivity index (χ1v) is 11.1. The molecule has 2 aliphatic heterocycles. The molecule has 1 aromatic rings. The molecule has 172 valence electrons. The van der Waals surface area contributed by atoms with Crippen LogP contribution in [0.1, 0.15) is 56.8 Å². The normalized spacial score (nSPS) is 20.4. The lowest BCUT2D eigenvalue weighted by Gasteiger charge is -2.42. The van der Waals surface area contributed by atoms with Crippen LogP contribution in [-0.4, -0.2) is 61.8 Å². The van der Waals surface area contributed by atoms with E-state index < -0.39 is 11.4 Å². The van der Waals surface area contributed by atoms with Gasteiger partial charge in [0, 0.05) is 19.6 Å². The first-order valence-electron chi connectivity index (χ1n) is 11.1. The van der Waals surface area contributed by atoms with Crippen LogP contribution < -0.4 is 15.4 Å². The SMILES string of the molecule is CC(C)(C)OC(=O)N1CCC2(CCNCCCOc3ccc(F)cc3C(=O)NC2)CC1. The fourth-order valence-corrected chi connectivity index (χ4v) is 4.03. The van der Waals surface area contributed by atoms with Gasteiger partial charge in [0.1, 0.15) is 17.2 Å². The largest absolute Gasteiger partial charge is 0.493 e. The lowest BCUT2D eigenvalue weighted by molar-refractivity contribution is 0.00885. The molecule has 31 heavy (non-hydrogen) atoms. The minimum atomic E-state index is -0.527. The van der Waals surface area contributed by atoms with Gasteiger partial charge in [0.05, 0.1) is 12.2 Å². The number of hydrogen-bond donors (Lipinski definition) is 2. The third-order valence-corrected chi connectivity index (χ3v) is 5.87. The van der Waals surface area contributed by atoms with Crippen molar-refractivity contribution in [3.63, 3.8) is 0 Å². The van der Waals surface area contributed by atoms with E-state index in [0.29, 0.717) is 32.0 Å². The van der Waals surface area contributed by atoms with Crippen LogP contribution in [0, 0.1) is 11.2 Å². The lowest BCUT2D eigenvalue weighted by Crippen LogP contribution is -2.49. The van der Waals surface area contributed by atoms with E-state index in [1.165, 1.54) is 18.2 Å². The molecule has 2 N–H and O–H groups in total. The third-order valence-electron chi connectivity index (χ3n) is 5.87. The first-order chi connectivity index (χ1) is 14.7. The maximum Gasteiger partial charge on any atom is 0.410 e. The number of likely N-dealkylation sites (tertiary alicyclic amines) is 1. The average Bonchev–Trinajstić information content (AvgIpc) is 2.72. The monoisotopic (exact) mass is 435 g/mol. The summed E-state index contributed by atoms with van der Waals surface area (Å²) in [5.41, 5.74) is -0.446. The Labute approximate surface area is 183 Å². The van der Waals surface area contributed by atoms with E-state index in [9.17, 15) is 14.0 Å². The number of benzene rings is 1. The highest BCUT2D eigenvalue weighted by Crippen LogP contribution is 2.35. The second-order valence-corrected chi connectivity index (χ2v) is 9.49. The quantitative estimate of drug-likeness (QED) is 0.653. The number of carbonyl (C=O) groups is 2. The molecule has 3 rings (SSSR count). The summed E-state index contributed by atoms with van der Waals surface area (Å²) in [5, 5.41) is 6.45. The zero-order chi connectivity index (χ0) is 22.5. The fraction of sp³-hybridized carbons (Fsp3) is 0.652. The second kappa shape index (κ2) is 9.85. The summed E-state index contributed by atoms with van der Waals surface area (Å²) in [4.78, 5) is 27.0. The molecule has 0 aliphatic carbocycles. The van der Waals surface area contributed by atoms with Crippen molar-refractivity contribution in [2.45, 2.75) is 52.1 Å². The summed E-state index contributed by atoms with van der Waals surface area (Å²) in [6, 6.07) is 4.03. The fourth-order valence-electron chi connectivity index (χ4n) is 4.03. The van der Waals surface area contributed by atoms with Crippen LogP contribution in [0.2, 0.25) is 0 Å². The Kier molecular flexibility index (Phi) is 7.41. The van der Waals surface area contributed by atoms with Crippen LogP contribution in [0.3, 0.4) is 0 Å².